The Bertz CT molecular complexity index is 1140. The highest BCUT2D eigenvalue weighted by atomic mass is 16.6. The Labute approximate surface area is 212 Å². The van der Waals surface area contributed by atoms with Gasteiger partial charge in [-0.1, -0.05) is 60.7 Å². The van der Waals surface area contributed by atoms with Gasteiger partial charge in [-0.25, -0.2) is 0 Å². The number of hydrogen-bond donors (Lipinski definition) is 0. The van der Waals surface area contributed by atoms with Crippen molar-refractivity contribution in [2.24, 2.45) is 0 Å². The first-order chi connectivity index (χ1) is 17.4. The molecule has 0 N–H and O–H groups in total. The van der Waals surface area contributed by atoms with E-state index in [9.17, 15) is 14.9 Å². The van der Waals surface area contributed by atoms with Gasteiger partial charge in [0, 0.05) is 43.4 Å². The highest BCUT2D eigenvalue weighted by Crippen LogP contribution is 2.21. The number of nitro groups is 1. The van der Waals surface area contributed by atoms with E-state index in [1.165, 1.54) is 12.1 Å². The zero-order valence-corrected chi connectivity index (χ0v) is 20.9. The summed E-state index contributed by atoms with van der Waals surface area (Å²) in [5.74, 6) is 0.666. The van der Waals surface area contributed by atoms with Crippen LogP contribution >= 0.6 is 0 Å². The van der Waals surface area contributed by atoms with E-state index in [-0.39, 0.29) is 11.6 Å². The van der Waals surface area contributed by atoms with Gasteiger partial charge in [0.15, 0.2) is 0 Å². The molecule has 1 amide bonds. The van der Waals surface area contributed by atoms with E-state index in [2.05, 4.69) is 4.90 Å². The third-order valence-electron chi connectivity index (χ3n) is 5.69. The molecule has 3 aromatic rings. The summed E-state index contributed by atoms with van der Waals surface area (Å²) in [5.41, 5.74) is 2.87. The van der Waals surface area contributed by atoms with Crippen LogP contribution in [-0.2, 0) is 17.8 Å². The van der Waals surface area contributed by atoms with Crippen LogP contribution in [0, 0.1) is 10.1 Å². The van der Waals surface area contributed by atoms with Crippen molar-refractivity contribution in [2.75, 3.05) is 33.8 Å². The third-order valence-corrected chi connectivity index (χ3v) is 5.69. The number of rotatable bonds is 13. The van der Waals surface area contributed by atoms with Crippen molar-refractivity contribution >= 4 is 17.7 Å². The highest BCUT2D eigenvalue weighted by Gasteiger charge is 2.15. The second-order valence-electron chi connectivity index (χ2n) is 8.79. The summed E-state index contributed by atoms with van der Waals surface area (Å²) in [6.45, 7) is 2.39. The molecular formula is C29H33N3O4. The minimum Gasteiger partial charge on any atom is -0.493 e. The molecule has 0 aliphatic rings. The number of benzene rings is 3. The smallest absolute Gasteiger partial charge is 0.269 e. The fraction of sp³-hybridized carbons (Fsp3) is 0.276. The van der Waals surface area contributed by atoms with Crippen LogP contribution in [-0.4, -0.2) is 54.4 Å². The van der Waals surface area contributed by atoms with Gasteiger partial charge in [-0.05, 0) is 50.2 Å². The predicted molar refractivity (Wildman–Crippen MR) is 143 cm³/mol. The van der Waals surface area contributed by atoms with Crippen molar-refractivity contribution in [1.82, 2.24) is 9.80 Å². The van der Waals surface area contributed by atoms with Crippen LogP contribution in [0.15, 0.2) is 84.9 Å². The van der Waals surface area contributed by atoms with Gasteiger partial charge in [0.1, 0.15) is 5.75 Å². The Balaban J connectivity index is 1.74. The molecule has 0 aliphatic carbocycles. The molecular weight excluding hydrogens is 454 g/mol. The average Bonchev–Trinajstić information content (AvgIpc) is 2.89. The Kier molecular flexibility index (Phi) is 10.2. The molecule has 0 saturated heterocycles. The molecule has 0 aliphatic heterocycles. The van der Waals surface area contributed by atoms with Gasteiger partial charge in [-0.3, -0.25) is 14.9 Å². The lowest BCUT2D eigenvalue weighted by Crippen LogP contribution is -2.31. The van der Waals surface area contributed by atoms with Crippen LogP contribution in [0.25, 0.3) is 6.08 Å². The second-order valence-corrected chi connectivity index (χ2v) is 8.79. The molecule has 7 nitrogen and oxygen atoms in total. The molecule has 0 aromatic heterocycles. The maximum atomic E-state index is 13.2. The average molecular weight is 488 g/mol. The van der Waals surface area contributed by atoms with Crippen LogP contribution in [0.4, 0.5) is 5.69 Å². The maximum absolute atomic E-state index is 13.2. The van der Waals surface area contributed by atoms with E-state index in [0.29, 0.717) is 26.1 Å². The van der Waals surface area contributed by atoms with Gasteiger partial charge in [0.25, 0.3) is 5.69 Å². The largest absolute Gasteiger partial charge is 0.493 e. The molecule has 188 valence electrons. The first kappa shape index (κ1) is 26.6. The van der Waals surface area contributed by atoms with Crippen molar-refractivity contribution in [3.05, 3.63) is 112 Å². The molecule has 3 aromatic carbocycles. The van der Waals surface area contributed by atoms with Crippen LogP contribution < -0.4 is 4.74 Å². The Morgan fingerprint density at radius 3 is 2.33 bits per heavy atom. The molecule has 0 atom stereocenters. The number of nitro benzene ring substituents is 1. The molecule has 3 rings (SSSR count). The van der Waals surface area contributed by atoms with Crippen molar-refractivity contribution in [3.63, 3.8) is 0 Å². The number of para-hydroxylation sites is 1. The molecule has 0 unspecified atom stereocenters. The zero-order chi connectivity index (χ0) is 25.8. The quantitative estimate of drug-likeness (QED) is 0.143. The maximum Gasteiger partial charge on any atom is 0.269 e. The Morgan fingerprint density at radius 2 is 1.64 bits per heavy atom. The Morgan fingerprint density at radius 1 is 0.944 bits per heavy atom. The fourth-order valence-corrected chi connectivity index (χ4v) is 3.70. The van der Waals surface area contributed by atoms with Crippen molar-refractivity contribution < 1.29 is 14.5 Å². The third kappa shape index (κ3) is 8.67. The Hall–Kier alpha value is -3.97. The zero-order valence-electron chi connectivity index (χ0n) is 20.9. The van der Waals surface area contributed by atoms with Crippen molar-refractivity contribution in [3.8, 4) is 5.75 Å². The van der Waals surface area contributed by atoms with Gasteiger partial charge in [-0.15, -0.1) is 0 Å². The number of carbonyl (C=O) groups is 1. The summed E-state index contributed by atoms with van der Waals surface area (Å²) in [7, 11) is 4.07. The summed E-state index contributed by atoms with van der Waals surface area (Å²) in [5, 5.41) is 10.9. The lowest BCUT2D eigenvalue weighted by atomic mass is 10.1. The molecule has 0 saturated carbocycles. The highest BCUT2D eigenvalue weighted by molar-refractivity contribution is 5.91. The van der Waals surface area contributed by atoms with E-state index < -0.39 is 4.92 Å². The first-order valence-corrected chi connectivity index (χ1v) is 12.0. The first-order valence-electron chi connectivity index (χ1n) is 12.0. The fourth-order valence-electron chi connectivity index (χ4n) is 3.70. The minimum absolute atomic E-state index is 0.0535. The topological polar surface area (TPSA) is 75.9 Å². The van der Waals surface area contributed by atoms with E-state index in [1.807, 2.05) is 74.8 Å². The van der Waals surface area contributed by atoms with E-state index in [1.54, 1.807) is 23.1 Å². The SMILES string of the molecule is CN(C)CCCOc1ccccc1CN(CCc1ccc([N+](=O)[O-])cc1)C(=O)/C=C/c1ccccc1. The van der Waals surface area contributed by atoms with Crippen molar-refractivity contribution in [2.45, 2.75) is 19.4 Å². The molecule has 0 fully saturated rings. The van der Waals surface area contributed by atoms with E-state index in [0.717, 1.165) is 35.4 Å². The van der Waals surface area contributed by atoms with Gasteiger partial charge >= 0.3 is 0 Å². The van der Waals surface area contributed by atoms with Crippen molar-refractivity contribution in [1.29, 1.82) is 0 Å². The van der Waals surface area contributed by atoms with E-state index >= 15 is 0 Å². The summed E-state index contributed by atoms with van der Waals surface area (Å²) >= 11 is 0. The summed E-state index contributed by atoms with van der Waals surface area (Å²) in [6.07, 6.45) is 4.88. The van der Waals surface area contributed by atoms with Crippen LogP contribution in [0.3, 0.4) is 0 Å². The molecule has 0 heterocycles. The number of amides is 1. The molecule has 0 spiro atoms. The van der Waals surface area contributed by atoms with E-state index in [4.69, 9.17) is 4.74 Å². The monoisotopic (exact) mass is 487 g/mol. The molecule has 7 heteroatoms. The molecule has 36 heavy (non-hydrogen) atoms. The normalized spacial score (nSPS) is 11.1. The number of nitrogens with zero attached hydrogens (tertiary/aromatic N) is 3. The van der Waals surface area contributed by atoms with Gasteiger partial charge in [0.05, 0.1) is 11.5 Å². The van der Waals surface area contributed by atoms with Crippen LogP contribution in [0.1, 0.15) is 23.1 Å². The minimum atomic E-state index is -0.413. The van der Waals surface area contributed by atoms with Gasteiger partial charge in [0.2, 0.25) is 5.91 Å². The number of hydrogen-bond acceptors (Lipinski definition) is 5. The van der Waals surface area contributed by atoms with Gasteiger partial charge < -0.3 is 14.5 Å². The standard InChI is InChI=1S/C29H33N3O4/c1-30(2)20-8-22-36-28-12-7-6-11-26(28)23-31(29(33)18-15-24-9-4-3-5-10-24)21-19-25-13-16-27(17-14-25)32(34)35/h3-7,9-18H,8,19-23H2,1-2H3/b18-15+. The number of ether oxygens (including phenoxy) is 1. The number of non-ortho nitro benzene ring substituents is 1. The summed E-state index contributed by atoms with van der Waals surface area (Å²) in [6, 6.07) is 23.9. The van der Waals surface area contributed by atoms with Gasteiger partial charge in [-0.2, -0.15) is 0 Å². The predicted octanol–water partition coefficient (Wildman–Crippen LogP) is 5.21. The summed E-state index contributed by atoms with van der Waals surface area (Å²) in [4.78, 5) is 27.7. The summed E-state index contributed by atoms with van der Waals surface area (Å²) < 4.78 is 6.05. The van der Waals surface area contributed by atoms with Crippen LogP contribution in [0.2, 0.25) is 0 Å². The van der Waals surface area contributed by atoms with Crippen LogP contribution in [0.5, 0.6) is 5.75 Å². The molecule has 0 radical (unpaired) electrons. The second kappa shape index (κ2) is 13.8. The molecule has 0 bridgehead atoms. The number of carbonyl (C=O) groups excluding carboxylic acids is 1. The lowest BCUT2D eigenvalue weighted by molar-refractivity contribution is -0.384. The lowest BCUT2D eigenvalue weighted by Gasteiger charge is -2.23.